The highest BCUT2D eigenvalue weighted by atomic mass is 35.5. The van der Waals surface area contributed by atoms with Gasteiger partial charge in [-0.05, 0) is 23.6 Å². The Hall–Kier alpha value is -1.05. The molecule has 0 aliphatic carbocycles. The maximum absolute atomic E-state index is 12.0. The summed E-state index contributed by atoms with van der Waals surface area (Å²) in [4.78, 5) is 17.6. The number of aliphatic imine (C=N–C) groups is 1. The second-order valence-electron chi connectivity index (χ2n) is 6.34. The number of amides is 1. The van der Waals surface area contributed by atoms with Crippen LogP contribution in [0.15, 0.2) is 29.3 Å². The molecular weight excluding hydrogens is 368 g/mol. The second kappa shape index (κ2) is 6.69. The van der Waals surface area contributed by atoms with E-state index in [1.54, 1.807) is 0 Å². The van der Waals surface area contributed by atoms with Crippen LogP contribution in [-0.4, -0.2) is 48.2 Å². The summed E-state index contributed by atoms with van der Waals surface area (Å²) in [5.41, 5.74) is 2.06. The van der Waals surface area contributed by atoms with Gasteiger partial charge in [0.2, 0.25) is 0 Å². The van der Waals surface area contributed by atoms with E-state index in [0.717, 1.165) is 5.69 Å². The van der Waals surface area contributed by atoms with Crippen molar-refractivity contribution in [3.8, 4) is 0 Å². The van der Waals surface area contributed by atoms with E-state index < -0.39 is 15.7 Å². The smallest absolute Gasteiger partial charge is 0.262 e. The Bertz CT molecular complexity index is 775. The predicted molar refractivity (Wildman–Crippen MR) is 100.0 cm³/mol. The summed E-state index contributed by atoms with van der Waals surface area (Å²) in [6.07, 6.45) is 0. The van der Waals surface area contributed by atoms with E-state index in [1.165, 1.54) is 17.3 Å². The van der Waals surface area contributed by atoms with E-state index in [4.69, 9.17) is 11.6 Å². The maximum atomic E-state index is 12.0. The van der Waals surface area contributed by atoms with Gasteiger partial charge in [-0.15, -0.1) is 11.6 Å². The molecule has 2 heterocycles. The van der Waals surface area contributed by atoms with Gasteiger partial charge >= 0.3 is 0 Å². The molecule has 1 aromatic rings. The van der Waals surface area contributed by atoms with Crippen LogP contribution in [0.25, 0.3) is 0 Å². The number of nitrogens with zero attached hydrogens (tertiary/aromatic N) is 2. The molecule has 0 saturated carbocycles. The third-order valence-electron chi connectivity index (χ3n) is 4.24. The van der Waals surface area contributed by atoms with Gasteiger partial charge in [0.15, 0.2) is 15.0 Å². The number of sulfone groups is 1. The third-order valence-corrected chi connectivity index (χ3v) is 7.68. The lowest BCUT2D eigenvalue weighted by molar-refractivity contribution is -0.115. The summed E-state index contributed by atoms with van der Waals surface area (Å²) >= 11 is 6.92. The van der Waals surface area contributed by atoms with Crippen molar-refractivity contribution in [2.24, 2.45) is 4.99 Å². The van der Waals surface area contributed by atoms with Crippen molar-refractivity contribution in [2.45, 2.75) is 31.1 Å². The molecule has 0 radical (unpaired) electrons. The Labute approximate surface area is 151 Å². The fourth-order valence-electron chi connectivity index (χ4n) is 3.02. The number of carbonyl (C=O) groups is 1. The number of amidine groups is 1. The highest BCUT2D eigenvalue weighted by Crippen LogP contribution is 2.41. The number of carbonyl (C=O) groups excluding carboxylic acids is 1. The van der Waals surface area contributed by atoms with Crippen molar-refractivity contribution in [3.63, 3.8) is 0 Å². The number of halogens is 1. The van der Waals surface area contributed by atoms with Gasteiger partial charge in [-0.3, -0.25) is 4.79 Å². The van der Waals surface area contributed by atoms with Crippen molar-refractivity contribution in [1.29, 1.82) is 0 Å². The number of anilines is 1. The molecule has 2 fully saturated rings. The molecule has 2 atom stereocenters. The molecular formula is C16H19ClN2O3S2. The van der Waals surface area contributed by atoms with Gasteiger partial charge in [-0.2, -0.15) is 4.99 Å². The highest BCUT2D eigenvalue weighted by Gasteiger charge is 2.49. The van der Waals surface area contributed by atoms with Gasteiger partial charge in [0.1, 0.15) is 5.88 Å². The summed E-state index contributed by atoms with van der Waals surface area (Å²) in [5, 5.41) is 0.449. The average Bonchev–Trinajstić information content (AvgIpc) is 2.98. The van der Waals surface area contributed by atoms with Gasteiger partial charge in [0, 0.05) is 10.9 Å². The average molecular weight is 387 g/mol. The molecule has 1 aromatic carbocycles. The number of hydrogen-bond donors (Lipinski definition) is 0. The summed E-state index contributed by atoms with van der Waals surface area (Å²) in [7, 11) is -3.05. The molecule has 5 nitrogen and oxygen atoms in total. The van der Waals surface area contributed by atoms with E-state index in [2.05, 4.69) is 18.8 Å². The van der Waals surface area contributed by atoms with Gasteiger partial charge in [-0.25, -0.2) is 8.42 Å². The predicted octanol–water partition coefficient (Wildman–Crippen LogP) is 2.65. The lowest BCUT2D eigenvalue weighted by Gasteiger charge is -2.25. The number of hydrogen-bond acceptors (Lipinski definition) is 4. The minimum Gasteiger partial charge on any atom is -0.316 e. The topological polar surface area (TPSA) is 66.8 Å². The lowest BCUT2D eigenvalue weighted by atomic mass is 10.0. The summed E-state index contributed by atoms with van der Waals surface area (Å²) in [6.45, 7) is 4.23. The minimum absolute atomic E-state index is 0.0880. The second-order valence-corrected chi connectivity index (χ2v) is 9.97. The van der Waals surface area contributed by atoms with E-state index in [-0.39, 0.29) is 28.7 Å². The SMILES string of the molecule is CC(C)c1ccc(N2C(=NC(=O)CCl)S[C@H]3CS(=O)(=O)C[C@@H]32)cc1. The zero-order valence-corrected chi connectivity index (χ0v) is 15.9. The number of thioether (sulfide) groups is 1. The zero-order valence-electron chi connectivity index (χ0n) is 13.5. The first-order chi connectivity index (χ1) is 11.3. The van der Waals surface area contributed by atoms with Gasteiger partial charge in [0.25, 0.3) is 5.91 Å². The van der Waals surface area contributed by atoms with Crippen LogP contribution in [0.3, 0.4) is 0 Å². The van der Waals surface area contributed by atoms with Crippen molar-refractivity contribution >= 4 is 50.0 Å². The van der Waals surface area contributed by atoms with Crippen LogP contribution < -0.4 is 4.90 Å². The molecule has 0 unspecified atom stereocenters. The number of rotatable bonds is 3. The Kier molecular flexibility index (Phi) is 4.95. The number of benzene rings is 1. The van der Waals surface area contributed by atoms with Crippen LogP contribution >= 0.6 is 23.4 Å². The zero-order chi connectivity index (χ0) is 17.5. The van der Waals surface area contributed by atoms with Crippen molar-refractivity contribution in [2.75, 3.05) is 22.3 Å². The van der Waals surface area contributed by atoms with Crippen molar-refractivity contribution < 1.29 is 13.2 Å². The summed E-state index contributed by atoms with van der Waals surface area (Å²) < 4.78 is 24.0. The van der Waals surface area contributed by atoms with Crippen LogP contribution in [0, 0.1) is 0 Å². The van der Waals surface area contributed by atoms with Gasteiger partial charge in [-0.1, -0.05) is 37.7 Å². The van der Waals surface area contributed by atoms with E-state index in [0.29, 0.717) is 11.1 Å². The Morgan fingerprint density at radius 2 is 2.00 bits per heavy atom. The fourth-order valence-corrected chi connectivity index (χ4v) is 7.01. The molecule has 8 heteroatoms. The van der Waals surface area contributed by atoms with Crippen molar-refractivity contribution in [1.82, 2.24) is 0 Å². The van der Waals surface area contributed by atoms with Gasteiger partial charge < -0.3 is 4.90 Å². The highest BCUT2D eigenvalue weighted by molar-refractivity contribution is 8.16. The monoisotopic (exact) mass is 386 g/mol. The molecule has 2 aliphatic rings. The van der Waals surface area contributed by atoms with Crippen LogP contribution in [0.5, 0.6) is 0 Å². The summed E-state index contributed by atoms with van der Waals surface area (Å²) in [5.74, 6) is 0.0304. The standard InChI is InChI=1S/C16H19ClN2O3S2/c1-10(2)11-3-5-12(6-4-11)19-13-8-24(21,22)9-14(13)23-16(19)18-15(20)7-17/h3-6,10,13-14H,7-9H2,1-2H3/t13-,14-/m0/s1. The lowest BCUT2D eigenvalue weighted by Crippen LogP contribution is -2.37. The molecule has 3 rings (SSSR count). The minimum atomic E-state index is -3.05. The molecule has 0 spiro atoms. The van der Waals surface area contributed by atoms with E-state index in [9.17, 15) is 13.2 Å². The first-order valence-corrected chi connectivity index (χ1v) is 11.0. The third kappa shape index (κ3) is 3.48. The van der Waals surface area contributed by atoms with E-state index >= 15 is 0 Å². The Balaban J connectivity index is 1.98. The molecule has 2 aliphatic heterocycles. The van der Waals surface area contributed by atoms with Crippen molar-refractivity contribution in [3.05, 3.63) is 29.8 Å². The largest absolute Gasteiger partial charge is 0.316 e. The summed E-state index contributed by atoms with van der Waals surface area (Å²) in [6, 6.07) is 7.80. The molecule has 0 bridgehead atoms. The first kappa shape index (κ1) is 17.8. The molecule has 1 amide bonds. The first-order valence-electron chi connectivity index (χ1n) is 7.74. The molecule has 0 aromatic heterocycles. The van der Waals surface area contributed by atoms with Gasteiger partial charge in [0.05, 0.1) is 17.5 Å². The quantitative estimate of drug-likeness (QED) is 0.747. The van der Waals surface area contributed by atoms with Crippen LogP contribution in [0.2, 0.25) is 0 Å². The fraction of sp³-hybridized carbons (Fsp3) is 0.500. The van der Waals surface area contributed by atoms with Crippen LogP contribution in [-0.2, 0) is 14.6 Å². The van der Waals surface area contributed by atoms with Crippen LogP contribution in [0.1, 0.15) is 25.3 Å². The Morgan fingerprint density at radius 1 is 1.33 bits per heavy atom. The van der Waals surface area contributed by atoms with E-state index in [1.807, 2.05) is 29.2 Å². The number of alkyl halides is 1. The van der Waals surface area contributed by atoms with Crippen LogP contribution in [0.4, 0.5) is 5.69 Å². The molecule has 130 valence electrons. The molecule has 24 heavy (non-hydrogen) atoms. The molecule has 2 saturated heterocycles. The normalized spacial score (nSPS) is 27.0. The number of fused-ring (bicyclic) bond motifs is 1. The molecule has 0 N–H and O–H groups in total. The Morgan fingerprint density at radius 3 is 2.58 bits per heavy atom. The maximum Gasteiger partial charge on any atom is 0.262 e.